The molecule has 1 aliphatic heterocycles. The smallest absolute Gasteiger partial charge is 0.317 e. The molecule has 24 heavy (non-hydrogen) atoms. The van der Waals surface area contributed by atoms with Crippen molar-refractivity contribution in [3.8, 4) is 0 Å². The first-order chi connectivity index (χ1) is 11.7. The van der Waals surface area contributed by atoms with Crippen LogP contribution in [0.15, 0.2) is 48.8 Å². The summed E-state index contributed by atoms with van der Waals surface area (Å²) in [6.45, 7) is 3.71. The lowest BCUT2D eigenvalue weighted by molar-refractivity contribution is 0.194. The number of aromatic nitrogens is 1. The minimum Gasteiger partial charge on any atom is -0.368 e. The Kier molecular flexibility index (Phi) is 5.54. The molecule has 6 heteroatoms. The minimum atomic E-state index is -0.00330. The van der Waals surface area contributed by atoms with E-state index in [-0.39, 0.29) is 6.03 Å². The van der Waals surface area contributed by atoms with Crippen molar-refractivity contribution in [2.45, 2.75) is 6.42 Å². The molecular formula is C18H21ClN4O. The van der Waals surface area contributed by atoms with Crippen molar-refractivity contribution in [1.82, 2.24) is 15.2 Å². The van der Waals surface area contributed by atoms with E-state index in [1.54, 1.807) is 12.4 Å². The van der Waals surface area contributed by atoms with Crippen LogP contribution in [0.1, 0.15) is 5.56 Å². The van der Waals surface area contributed by atoms with Gasteiger partial charge < -0.3 is 15.1 Å². The van der Waals surface area contributed by atoms with E-state index in [0.717, 1.165) is 48.9 Å². The van der Waals surface area contributed by atoms with Gasteiger partial charge in [-0.1, -0.05) is 29.8 Å². The second-order valence-corrected chi connectivity index (χ2v) is 6.16. The van der Waals surface area contributed by atoms with E-state index < -0.39 is 0 Å². The van der Waals surface area contributed by atoms with E-state index in [1.807, 2.05) is 41.3 Å². The summed E-state index contributed by atoms with van der Waals surface area (Å²) in [5.74, 6) is 0. The van der Waals surface area contributed by atoms with E-state index in [2.05, 4.69) is 15.2 Å². The number of halogens is 1. The topological polar surface area (TPSA) is 48.5 Å². The first-order valence-electron chi connectivity index (χ1n) is 8.15. The molecule has 2 aromatic rings. The zero-order valence-corrected chi connectivity index (χ0v) is 14.2. The highest BCUT2D eigenvalue weighted by atomic mass is 35.5. The van der Waals surface area contributed by atoms with Crippen LogP contribution in [0.3, 0.4) is 0 Å². The number of nitrogens with zero attached hydrogens (tertiary/aromatic N) is 3. The molecular weight excluding hydrogens is 324 g/mol. The molecule has 1 N–H and O–H groups in total. The van der Waals surface area contributed by atoms with Crippen LogP contribution in [0.5, 0.6) is 0 Å². The maximum atomic E-state index is 12.3. The van der Waals surface area contributed by atoms with Gasteiger partial charge in [0.05, 0.1) is 0 Å². The summed E-state index contributed by atoms with van der Waals surface area (Å²) in [5, 5.41) is 3.73. The molecule has 0 bridgehead atoms. The number of carbonyl (C=O) groups is 1. The Morgan fingerprint density at radius 1 is 1.08 bits per heavy atom. The van der Waals surface area contributed by atoms with Crippen LogP contribution >= 0.6 is 11.6 Å². The van der Waals surface area contributed by atoms with Gasteiger partial charge >= 0.3 is 6.03 Å². The van der Waals surface area contributed by atoms with Crippen molar-refractivity contribution in [3.05, 3.63) is 59.4 Å². The van der Waals surface area contributed by atoms with E-state index in [4.69, 9.17) is 11.6 Å². The third-order valence-corrected chi connectivity index (χ3v) is 4.59. The number of anilines is 1. The molecule has 0 atom stereocenters. The third-order valence-electron chi connectivity index (χ3n) is 4.22. The number of benzene rings is 1. The van der Waals surface area contributed by atoms with Crippen molar-refractivity contribution in [3.63, 3.8) is 0 Å². The van der Waals surface area contributed by atoms with Crippen LogP contribution in [-0.2, 0) is 6.42 Å². The van der Waals surface area contributed by atoms with Gasteiger partial charge in [0.2, 0.25) is 0 Å². The fourth-order valence-corrected chi connectivity index (χ4v) is 3.07. The van der Waals surface area contributed by atoms with Gasteiger partial charge in [0, 0.05) is 55.8 Å². The Balaban J connectivity index is 1.43. The Labute approximate surface area is 147 Å². The highest BCUT2D eigenvalue weighted by Gasteiger charge is 2.20. The molecule has 1 saturated heterocycles. The molecule has 2 heterocycles. The van der Waals surface area contributed by atoms with Crippen LogP contribution in [0, 0.1) is 0 Å². The summed E-state index contributed by atoms with van der Waals surface area (Å²) >= 11 is 6.13. The zero-order valence-electron chi connectivity index (χ0n) is 13.5. The molecule has 126 valence electrons. The number of piperazine rings is 1. The fraction of sp³-hybridized carbons (Fsp3) is 0.333. The van der Waals surface area contributed by atoms with Crippen molar-refractivity contribution in [1.29, 1.82) is 0 Å². The Hall–Kier alpha value is -2.27. The quantitative estimate of drug-likeness (QED) is 0.927. The summed E-state index contributed by atoms with van der Waals surface area (Å²) in [7, 11) is 0. The standard InChI is InChI=1S/C18H21ClN4O/c19-17-4-2-1-3-15(17)5-10-21-18(24)23-13-11-22(12-14-23)16-6-8-20-9-7-16/h1-4,6-9H,5,10-14H2,(H,21,24). The van der Waals surface area contributed by atoms with Gasteiger partial charge in [-0.25, -0.2) is 4.79 Å². The first-order valence-corrected chi connectivity index (χ1v) is 8.53. The number of hydrogen-bond acceptors (Lipinski definition) is 3. The van der Waals surface area contributed by atoms with Crippen molar-refractivity contribution < 1.29 is 4.79 Å². The monoisotopic (exact) mass is 344 g/mol. The van der Waals surface area contributed by atoms with Gasteiger partial charge in [-0.2, -0.15) is 0 Å². The molecule has 0 spiro atoms. The summed E-state index contributed by atoms with van der Waals surface area (Å²) in [6, 6.07) is 11.7. The molecule has 0 aliphatic carbocycles. The van der Waals surface area contributed by atoms with Crippen LogP contribution in [-0.4, -0.2) is 48.6 Å². The molecule has 0 unspecified atom stereocenters. The molecule has 2 amide bonds. The van der Waals surface area contributed by atoms with Crippen molar-refractivity contribution in [2.24, 2.45) is 0 Å². The third kappa shape index (κ3) is 4.17. The van der Waals surface area contributed by atoms with E-state index in [1.165, 1.54) is 0 Å². The number of amides is 2. The molecule has 1 aromatic heterocycles. The molecule has 1 aromatic carbocycles. The second-order valence-electron chi connectivity index (χ2n) is 5.75. The number of nitrogens with one attached hydrogen (secondary N) is 1. The summed E-state index contributed by atoms with van der Waals surface area (Å²) in [5.41, 5.74) is 2.21. The SMILES string of the molecule is O=C(NCCc1ccccc1Cl)N1CCN(c2ccncc2)CC1. The normalized spacial score (nSPS) is 14.5. The fourth-order valence-electron chi connectivity index (χ4n) is 2.84. The summed E-state index contributed by atoms with van der Waals surface area (Å²) in [6.07, 6.45) is 4.33. The van der Waals surface area contributed by atoms with Crippen molar-refractivity contribution >= 4 is 23.3 Å². The summed E-state index contributed by atoms with van der Waals surface area (Å²) in [4.78, 5) is 20.4. The van der Waals surface area contributed by atoms with Gasteiger partial charge in [-0.3, -0.25) is 4.98 Å². The highest BCUT2D eigenvalue weighted by Crippen LogP contribution is 2.16. The van der Waals surface area contributed by atoms with E-state index >= 15 is 0 Å². The Morgan fingerprint density at radius 3 is 2.50 bits per heavy atom. The average molecular weight is 345 g/mol. The first kappa shape index (κ1) is 16.6. The van der Waals surface area contributed by atoms with E-state index in [9.17, 15) is 4.79 Å². The lowest BCUT2D eigenvalue weighted by atomic mass is 10.1. The van der Waals surface area contributed by atoms with Crippen molar-refractivity contribution in [2.75, 3.05) is 37.6 Å². The van der Waals surface area contributed by atoms with Gasteiger partial charge in [0.15, 0.2) is 0 Å². The number of carbonyl (C=O) groups excluding carboxylic acids is 1. The largest absolute Gasteiger partial charge is 0.368 e. The Morgan fingerprint density at radius 2 is 1.79 bits per heavy atom. The lowest BCUT2D eigenvalue weighted by Gasteiger charge is -2.36. The molecule has 5 nitrogen and oxygen atoms in total. The number of rotatable bonds is 4. The van der Waals surface area contributed by atoms with Gasteiger partial charge in [-0.05, 0) is 30.2 Å². The molecule has 0 radical (unpaired) electrons. The highest BCUT2D eigenvalue weighted by molar-refractivity contribution is 6.31. The van der Waals surface area contributed by atoms with Gasteiger partial charge in [-0.15, -0.1) is 0 Å². The van der Waals surface area contributed by atoms with Crippen LogP contribution < -0.4 is 10.2 Å². The predicted octanol–water partition coefficient (Wildman–Crippen LogP) is 2.81. The molecule has 3 rings (SSSR count). The van der Waals surface area contributed by atoms with Crippen LogP contribution in [0.25, 0.3) is 0 Å². The van der Waals surface area contributed by atoms with Gasteiger partial charge in [0.25, 0.3) is 0 Å². The summed E-state index contributed by atoms with van der Waals surface area (Å²) < 4.78 is 0. The minimum absolute atomic E-state index is 0.00330. The number of hydrogen-bond donors (Lipinski definition) is 1. The number of pyridine rings is 1. The number of urea groups is 1. The molecule has 1 fully saturated rings. The molecule has 0 saturated carbocycles. The average Bonchev–Trinajstić information content (AvgIpc) is 2.64. The van der Waals surface area contributed by atoms with Crippen LogP contribution in [0.2, 0.25) is 5.02 Å². The maximum absolute atomic E-state index is 12.3. The maximum Gasteiger partial charge on any atom is 0.317 e. The second kappa shape index (κ2) is 8.02. The molecule has 1 aliphatic rings. The van der Waals surface area contributed by atoms with E-state index in [0.29, 0.717) is 6.54 Å². The Bertz CT molecular complexity index is 672. The zero-order chi connectivity index (χ0) is 16.8. The lowest BCUT2D eigenvalue weighted by Crippen LogP contribution is -2.52. The van der Waals surface area contributed by atoms with Crippen LogP contribution in [0.4, 0.5) is 10.5 Å². The predicted molar refractivity (Wildman–Crippen MR) is 96.6 cm³/mol. The van der Waals surface area contributed by atoms with Gasteiger partial charge in [0.1, 0.15) is 0 Å².